The molecule has 5 nitrogen and oxygen atoms in total. The first kappa shape index (κ1) is 10.9. The quantitative estimate of drug-likeness (QED) is 0.760. The van der Waals surface area contributed by atoms with Crippen LogP contribution in [0.15, 0.2) is 51.4 Å². The number of rotatable bonds is 1. The van der Waals surface area contributed by atoms with Gasteiger partial charge in [-0.3, -0.25) is 4.99 Å². The Balaban J connectivity index is 1.76. The van der Waals surface area contributed by atoms with E-state index < -0.39 is 0 Å². The molecule has 0 saturated carbocycles. The van der Waals surface area contributed by atoms with E-state index in [4.69, 9.17) is 0 Å². The van der Waals surface area contributed by atoms with Gasteiger partial charge >= 0.3 is 0 Å². The Morgan fingerprint density at radius 1 is 1.00 bits per heavy atom. The maximum absolute atomic E-state index is 9.76. The molecule has 0 aromatic heterocycles. The highest BCUT2D eigenvalue weighted by atomic mass is 16.3. The highest BCUT2D eigenvalue weighted by Crippen LogP contribution is 2.23. The lowest BCUT2D eigenvalue weighted by molar-refractivity contribution is 0.478. The zero-order valence-corrected chi connectivity index (χ0v) is 10.4. The van der Waals surface area contributed by atoms with Gasteiger partial charge in [0, 0.05) is 23.2 Å². The van der Waals surface area contributed by atoms with E-state index in [9.17, 15) is 5.11 Å². The zero-order valence-electron chi connectivity index (χ0n) is 10.4. The second-order valence-electron chi connectivity index (χ2n) is 4.53. The van der Waals surface area contributed by atoms with Gasteiger partial charge in [-0.2, -0.15) is 0 Å². The van der Waals surface area contributed by atoms with Gasteiger partial charge in [0.05, 0.1) is 11.0 Å². The average molecular weight is 262 g/mol. The largest absolute Gasteiger partial charge is 0.506 e. The molecule has 0 atom stereocenters. The van der Waals surface area contributed by atoms with Crippen molar-refractivity contribution in [2.45, 2.75) is 0 Å². The number of aromatic hydroxyl groups is 1. The zero-order chi connectivity index (χ0) is 13.5. The summed E-state index contributed by atoms with van der Waals surface area (Å²) in [5.41, 5.74) is 2.39. The van der Waals surface area contributed by atoms with Crippen molar-refractivity contribution in [3.63, 3.8) is 0 Å². The number of phenolic OH excluding ortho intramolecular Hbond substituents is 1. The van der Waals surface area contributed by atoms with Crippen LogP contribution in [0.25, 0.3) is 6.20 Å². The van der Waals surface area contributed by atoms with Crippen LogP contribution in [-0.2, 0) is 0 Å². The van der Waals surface area contributed by atoms with Crippen LogP contribution in [0.4, 0.5) is 11.4 Å². The number of hydrogen-bond donors (Lipinski definition) is 2. The molecule has 2 heterocycles. The number of hydrogen-bond acceptors (Lipinski definition) is 5. The van der Waals surface area contributed by atoms with E-state index >= 15 is 0 Å². The van der Waals surface area contributed by atoms with Crippen LogP contribution in [0.1, 0.15) is 5.56 Å². The minimum absolute atomic E-state index is 0.168. The molecule has 2 aromatic carbocycles. The van der Waals surface area contributed by atoms with Crippen molar-refractivity contribution < 1.29 is 5.11 Å². The fourth-order valence-electron chi connectivity index (χ4n) is 2.26. The van der Waals surface area contributed by atoms with E-state index in [2.05, 4.69) is 20.3 Å². The third-order valence-electron chi connectivity index (χ3n) is 3.24. The fraction of sp³-hybridized carbons (Fsp3) is 0. The number of aliphatic imine (C=N–C) groups is 2. The van der Waals surface area contributed by atoms with Crippen molar-refractivity contribution in [1.29, 1.82) is 0 Å². The Bertz CT molecular complexity index is 897. The van der Waals surface area contributed by atoms with Crippen LogP contribution in [0.3, 0.4) is 0 Å². The topological polar surface area (TPSA) is 69.3 Å². The predicted molar refractivity (Wildman–Crippen MR) is 78.1 cm³/mol. The summed E-state index contributed by atoms with van der Waals surface area (Å²) in [7, 11) is 0. The lowest BCUT2D eigenvalue weighted by atomic mass is 10.1. The molecule has 2 N–H and O–H groups in total. The van der Waals surface area contributed by atoms with Crippen molar-refractivity contribution in [3.8, 4) is 5.75 Å². The smallest absolute Gasteiger partial charge is 0.228 e. The molecule has 96 valence electrons. The molecule has 2 aliphatic heterocycles. The molecule has 0 amide bonds. The van der Waals surface area contributed by atoms with Gasteiger partial charge in [0.15, 0.2) is 0 Å². The highest BCUT2D eigenvalue weighted by molar-refractivity contribution is 6.02. The number of nitrogens with zero attached hydrogens (tertiary/aromatic N) is 3. The molecule has 0 fully saturated rings. The SMILES string of the molecule is Oc1ccccc1NC1=Nc2c3c(ccc2=N1)=CN=C3. The van der Waals surface area contributed by atoms with Crippen LogP contribution < -0.4 is 15.9 Å². The van der Waals surface area contributed by atoms with Gasteiger partial charge in [-0.05, 0) is 18.2 Å². The Labute approximate surface area is 114 Å². The van der Waals surface area contributed by atoms with Crippen molar-refractivity contribution in [2.24, 2.45) is 15.0 Å². The monoisotopic (exact) mass is 262 g/mol. The standard InChI is InChI=1S/C15H10N4O/c20-13-4-2-1-3-11(13)17-15-18-12-6-5-9-7-16-8-10(9)14(12)19-15/h1-8,20H,(H,17,18,19). The van der Waals surface area contributed by atoms with Crippen LogP contribution >= 0.6 is 0 Å². The third kappa shape index (κ3) is 1.60. The number of para-hydroxylation sites is 2. The van der Waals surface area contributed by atoms with E-state index in [1.165, 1.54) is 0 Å². The number of fused-ring (bicyclic) bond motifs is 3. The number of nitrogens with one attached hydrogen (secondary N) is 1. The van der Waals surface area contributed by atoms with Crippen molar-refractivity contribution in [2.75, 3.05) is 5.32 Å². The minimum atomic E-state index is 0.168. The Hall–Kier alpha value is -2.95. The maximum atomic E-state index is 9.76. The predicted octanol–water partition coefficient (Wildman–Crippen LogP) is 1.30. The molecule has 0 unspecified atom stereocenters. The first-order valence-electron chi connectivity index (χ1n) is 6.20. The van der Waals surface area contributed by atoms with Crippen molar-refractivity contribution >= 4 is 29.7 Å². The summed E-state index contributed by atoms with van der Waals surface area (Å²) in [6.45, 7) is 0. The maximum Gasteiger partial charge on any atom is 0.228 e. The van der Waals surface area contributed by atoms with Gasteiger partial charge in [-0.1, -0.05) is 18.2 Å². The fourth-order valence-corrected chi connectivity index (χ4v) is 2.26. The first-order valence-corrected chi connectivity index (χ1v) is 6.20. The molecule has 0 saturated heterocycles. The lowest BCUT2D eigenvalue weighted by Crippen LogP contribution is -2.12. The lowest BCUT2D eigenvalue weighted by Gasteiger charge is -2.04. The average Bonchev–Trinajstić information content (AvgIpc) is 3.06. The van der Waals surface area contributed by atoms with Gasteiger partial charge in [-0.15, -0.1) is 0 Å². The summed E-state index contributed by atoms with van der Waals surface area (Å²) >= 11 is 0. The molecule has 0 radical (unpaired) electrons. The van der Waals surface area contributed by atoms with Crippen molar-refractivity contribution in [1.82, 2.24) is 0 Å². The summed E-state index contributed by atoms with van der Waals surface area (Å²) in [6.07, 6.45) is 3.59. The summed E-state index contributed by atoms with van der Waals surface area (Å²) in [5, 5.41) is 14.6. The Morgan fingerprint density at radius 3 is 2.80 bits per heavy atom. The molecule has 5 heteroatoms. The number of anilines is 1. The van der Waals surface area contributed by atoms with Gasteiger partial charge in [0.1, 0.15) is 11.4 Å². The Morgan fingerprint density at radius 2 is 1.90 bits per heavy atom. The molecule has 2 aliphatic rings. The molecule has 20 heavy (non-hydrogen) atoms. The van der Waals surface area contributed by atoms with E-state index in [1.54, 1.807) is 30.6 Å². The van der Waals surface area contributed by atoms with Crippen LogP contribution in [0.2, 0.25) is 0 Å². The molecule has 2 aromatic rings. The molecular formula is C15H10N4O. The summed E-state index contributed by atoms with van der Waals surface area (Å²) in [5.74, 6) is 0.636. The summed E-state index contributed by atoms with van der Waals surface area (Å²) in [6, 6.07) is 10.9. The second-order valence-corrected chi connectivity index (χ2v) is 4.53. The number of benzene rings is 2. The molecule has 4 rings (SSSR count). The Kier molecular flexibility index (Phi) is 2.20. The molecule has 0 aliphatic carbocycles. The van der Waals surface area contributed by atoms with Gasteiger partial charge < -0.3 is 10.4 Å². The minimum Gasteiger partial charge on any atom is -0.506 e. The number of phenols is 1. The van der Waals surface area contributed by atoms with E-state index in [1.807, 2.05) is 18.2 Å². The van der Waals surface area contributed by atoms with Crippen LogP contribution in [-0.4, -0.2) is 17.3 Å². The van der Waals surface area contributed by atoms with Crippen LogP contribution in [0, 0.1) is 0 Å². The second kappa shape index (κ2) is 4.03. The number of guanidine groups is 1. The third-order valence-corrected chi connectivity index (χ3v) is 3.24. The van der Waals surface area contributed by atoms with Gasteiger partial charge in [0.2, 0.25) is 5.96 Å². The first-order chi connectivity index (χ1) is 9.81. The molecular weight excluding hydrogens is 252 g/mol. The molecule has 0 spiro atoms. The summed E-state index contributed by atoms with van der Waals surface area (Å²) < 4.78 is 0. The van der Waals surface area contributed by atoms with Crippen molar-refractivity contribution in [3.05, 3.63) is 52.5 Å². The molecule has 0 bridgehead atoms. The van der Waals surface area contributed by atoms with Gasteiger partial charge in [0.25, 0.3) is 0 Å². The highest BCUT2D eigenvalue weighted by Gasteiger charge is 2.15. The van der Waals surface area contributed by atoms with Crippen LogP contribution in [0.5, 0.6) is 5.75 Å². The van der Waals surface area contributed by atoms with E-state index in [0.29, 0.717) is 11.6 Å². The van der Waals surface area contributed by atoms with E-state index in [0.717, 1.165) is 21.8 Å². The van der Waals surface area contributed by atoms with E-state index in [-0.39, 0.29) is 5.75 Å². The normalized spacial score (nSPS) is 14.1. The summed E-state index contributed by atoms with van der Waals surface area (Å²) in [4.78, 5) is 13.0. The van der Waals surface area contributed by atoms with Gasteiger partial charge in [-0.25, -0.2) is 9.98 Å².